The summed E-state index contributed by atoms with van der Waals surface area (Å²) in [4.78, 5) is 12.4. The first kappa shape index (κ1) is 20.9. The number of hydrogen-bond acceptors (Lipinski definition) is 4. The SMILES string of the molecule is CCN(CC)S(=O)(=O)c1ccc(C(=O)NCC(O)C2CCCCC2)cc1. The van der Waals surface area contributed by atoms with Crippen molar-refractivity contribution in [1.29, 1.82) is 0 Å². The lowest BCUT2D eigenvalue weighted by molar-refractivity contribution is 0.0738. The van der Waals surface area contributed by atoms with Crippen molar-refractivity contribution in [2.75, 3.05) is 19.6 Å². The molecule has 1 unspecified atom stereocenters. The van der Waals surface area contributed by atoms with Gasteiger partial charge in [0.1, 0.15) is 0 Å². The largest absolute Gasteiger partial charge is 0.391 e. The van der Waals surface area contributed by atoms with Crippen LogP contribution in [0.5, 0.6) is 0 Å². The van der Waals surface area contributed by atoms with E-state index in [2.05, 4.69) is 5.32 Å². The molecule has 1 atom stereocenters. The number of rotatable bonds is 8. The summed E-state index contributed by atoms with van der Waals surface area (Å²) < 4.78 is 26.3. The average molecular weight is 383 g/mol. The van der Waals surface area contributed by atoms with Gasteiger partial charge in [0.15, 0.2) is 0 Å². The first-order valence-corrected chi connectivity index (χ1v) is 10.9. The molecule has 26 heavy (non-hydrogen) atoms. The average Bonchev–Trinajstić information content (AvgIpc) is 2.67. The van der Waals surface area contributed by atoms with Gasteiger partial charge in [0.2, 0.25) is 10.0 Å². The maximum Gasteiger partial charge on any atom is 0.251 e. The van der Waals surface area contributed by atoms with Crippen molar-refractivity contribution < 1.29 is 18.3 Å². The Bertz CT molecular complexity index is 678. The molecule has 0 aromatic heterocycles. The molecule has 1 aliphatic rings. The molecule has 0 heterocycles. The molecular weight excluding hydrogens is 352 g/mol. The lowest BCUT2D eigenvalue weighted by Gasteiger charge is -2.26. The van der Waals surface area contributed by atoms with Gasteiger partial charge >= 0.3 is 0 Å². The molecule has 1 fully saturated rings. The molecule has 2 rings (SSSR count). The molecule has 1 aliphatic carbocycles. The van der Waals surface area contributed by atoms with Crippen LogP contribution in [0.3, 0.4) is 0 Å². The van der Waals surface area contributed by atoms with Crippen molar-refractivity contribution in [2.24, 2.45) is 5.92 Å². The highest BCUT2D eigenvalue weighted by molar-refractivity contribution is 7.89. The maximum atomic E-state index is 12.5. The highest BCUT2D eigenvalue weighted by Crippen LogP contribution is 2.26. The summed E-state index contributed by atoms with van der Waals surface area (Å²) in [5, 5.41) is 13.0. The van der Waals surface area contributed by atoms with E-state index < -0.39 is 16.1 Å². The summed E-state index contributed by atoms with van der Waals surface area (Å²) in [6.45, 7) is 4.62. The molecule has 2 N–H and O–H groups in total. The number of carbonyl (C=O) groups is 1. The van der Waals surface area contributed by atoms with Crippen LogP contribution < -0.4 is 5.32 Å². The van der Waals surface area contributed by atoms with Crippen LogP contribution in [0.25, 0.3) is 0 Å². The number of carbonyl (C=O) groups excluding carboxylic acids is 1. The van der Waals surface area contributed by atoms with Gasteiger partial charge in [-0.05, 0) is 43.0 Å². The topological polar surface area (TPSA) is 86.7 Å². The van der Waals surface area contributed by atoms with Crippen molar-refractivity contribution in [3.63, 3.8) is 0 Å². The van der Waals surface area contributed by atoms with Crippen LogP contribution in [0.2, 0.25) is 0 Å². The number of nitrogens with one attached hydrogen (secondary N) is 1. The van der Waals surface area contributed by atoms with Gasteiger partial charge in [0.25, 0.3) is 5.91 Å². The van der Waals surface area contributed by atoms with E-state index in [4.69, 9.17) is 0 Å². The Balaban J connectivity index is 1.96. The fourth-order valence-corrected chi connectivity index (χ4v) is 4.93. The first-order chi connectivity index (χ1) is 12.4. The third-order valence-corrected chi connectivity index (χ3v) is 7.19. The molecule has 0 bridgehead atoms. The van der Waals surface area contributed by atoms with Gasteiger partial charge in [-0.1, -0.05) is 33.1 Å². The summed E-state index contributed by atoms with van der Waals surface area (Å²) in [5.41, 5.74) is 0.388. The van der Waals surface area contributed by atoms with Crippen LogP contribution in [0, 0.1) is 5.92 Å². The minimum absolute atomic E-state index is 0.181. The zero-order chi connectivity index (χ0) is 19.2. The van der Waals surface area contributed by atoms with Crippen LogP contribution in [0.4, 0.5) is 0 Å². The van der Waals surface area contributed by atoms with Crippen LogP contribution in [-0.4, -0.2) is 49.5 Å². The zero-order valence-electron chi connectivity index (χ0n) is 15.6. The summed E-state index contributed by atoms with van der Waals surface area (Å²) in [5.74, 6) is -0.0442. The maximum absolute atomic E-state index is 12.5. The molecular formula is C19H30N2O4S. The molecule has 1 amide bonds. The number of hydrogen-bond donors (Lipinski definition) is 2. The molecule has 6 nitrogen and oxygen atoms in total. The monoisotopic (exact) mass is 382 g/mol. The van der Waals surface area contributed by atoms with Gasteiger partial charge in [-0.2, -0.15) is 4.31 Å². The Morgan fingerprint density at radius 3 is 2.27 bits per heavy atom. The van der Waals surface area contributed by atoms with Gasteiger partial charge in [-0.3, -0.25) is 4.79 Å². The van der Waals surface area contributed by atoms with E-state index in [1.165, 1.54) is 35.0 Å². The Kier molecular flexibility index (Phi) is 7.61. The van der Waals surface area contributed by atoms with Gasteiger partial charge in [-0.25, -0.2) is 8.42 Å². The number of amides is 1. The van der Waals surface area contributed by atoms with Gasteiger partial charge in [0, 0.05) is 25.2 Å². The second kappa shape index (κ2) is 9.48. The van der Waals surface area contributed by atoms with E-state index in [0.29, 0.717) is 18.7 Å². The third-order valence-electron chi connectivity index (χ3n) is 5.13. The third kappa shape index (κ3) is 5.05. The molecule has 1 aromatic carbocycles. The van der Waals surface area contributed by atoms with Gasteiger partial charge in [-0.15, -0.1) is 0 Å². The zero-order valence-corrected chi connectivity index (χ0v) is 16.5. The lowest BCUT2D eigenvalue weighted by atomic mass is 9.85. The normalized spacial score (nSPS) is 17.2. The predicted molar refractivity (Wildman–Crippen MR) is 101 cm³/mol. The fourth-order valence-electron chi connectivity index (χ4n) is 3.48. The Morgan fingerprint density at radius 1 is 1.15 bits per heavy atom. The molecule has 1 saturated carbocycles. The summed E-state index contributed by atoms with van der Waals surface area (Å²) in [7, 11) is -3.52. The molecule has 0 saturated heterocycles. The quantitative estimate of drug-likeness (QED) is 0.723. The van der Waals surface area contributed by atoms with E-state index in [1.54, 1.807) is 13.8 Å². The molecule has 1 aromatic rings. The minimum Gasteiger partial charge on any atom is -0.391 e. The van der Waals surface area contributed by atoms with Crippen LogP contribution >= 0.6 is 0 Å². The number of aliphatic hydroxyl groups is 1. The van der Waals surface area contributed by atoms with E-state index in [9.17, 15) is 18.3 Å². The van der Waals surface area contributed by atoms with E-state index in [0.717, 1.165) is 25.7 Å². The van der Waals surface area contributed by atoms with Crippen molar-refractivity contribution in [1.82, 2.24) is 9.62 Å². The second-order valence-electron chi connectivity index (χ2n) is 6.79. The van der Waals surface area contributed by atoms with E-state index in [-0.39, 0.29) is 23.3 Å². The predicted octanol–water partition coefficient (Wildman–Crippen LogP) is 2.39. The molecule has 146 valence electrons. The highest BCUT2D eigenvalue weighted by Gasteiger charge is 2.23. The number of benzene rings is 1. The van der Waals surface area contributed by atoms with Crippen molar-refractivity contribution in [3.8, 4) is 0 Å². The smallest absolute Gasteiger partial charge is 0.251 e. The molecule has 0 spiro atoms. The van der Waals surface area contributed by atoms with Crippen molar-refractivity contribution in [3.05, 3.63) is 29.8 Å². The Labute approximate surface area is 156 Å². The summed E-state index contributed by atoms with van der Waals surface area (Å²) >= 11 is 0. The molecule has 0 radical (unpaired) electrons. The highest BCUT2D eigenvalue weighted by atomic mass is 32.2. The van der Waals surface area contributed by atoms with Crippen molar-refractivity contribution >= 4 is 15.9 Å². The van der Waals surface area contributed by atoms with Crippen LogP contribution in [0.1, 0.15) is 56.3 Å². The van der Waals surface area contributed by atoms with Gasteiger partial charge < -0.3 is 10.4 Å². The van der Waals surface area contributed by atoms with Crippen LogP contribution in [-0.2, 0) is 10.0 Å². The lowest BCUT2D eigenvalue weighted by Crippen LogP contribution is -2.37. The molecule has 7 heteroatoms. The second-order valence-corrected chi connectivity index (χ2v) is 8.73. The van der Waals surface area contributed by atoms with Gasteiger partial charge in [0.05, 0.1) is 11.0 Å². The standard InChI is InChI=1S/C19H30N2O4S/c1-3-21(4-2)26(24,25)17-12-10-16(11-13-17)19(23)20-14-18(22)15-8-6-5-7-9-15/h10-13,15,18,22H,3-9,14H2,1-2H3,(H,20,23). The minimum atomic E-state index is -3.52. The fraction of sp³-hybridized carbons (Fsp3) is 0.632. The number of nitrogens with zero attached hydrogens (tertiary/aromatic N) is 1. The van der Waals surface area contributed by atoms with E-state index >= 15 is 0 Å². The summed E-state index contributed by atoms with van der Waals surface area (Å²) in [6, 6.07) is 5.94. The Hall–Kier alpha value is -1.44. The van der Waals surface area contributed by atoms with Crippen LogP contribution in [0.15, 0.2) is 29.2 Å². The summed E-state index contributed by atoms with van der Waals surface area (Å²) in [6.07, 6.45) is 4.99. The first-order valence-electron chi connectivity index (χ1n) is 9.46. The van der Waals surface area contributed by atoms with E-state index in [1.807, 2.05) is 0 Å². The van der Waals surface area contributed by atoms with Crippen molar-refractivity contribution in [2.45, 2.75) is 57.0 Å². The molecule has 0 aliphatic heterocycles. The number of aliphatic hydroxyl groups excluding tert-OH is 1. The Morgan fingerprint density at radius 2 is 1.73 bits per heavy atom. The number of sulfonamides is 1.